The monoisotopic (exact) mass is 231 g/mol. The van der Waals surface area contributed by atoms with Gasteiger partial charge in [-0.1, -0.05) is 11.3 Å². The van der Waals surface area contributed by atoms with Gasteiger partial charge in [-0.2, -0.15) is 0 Å². The molecule has 1 heterocycles. The molecule has 4 nitrogen and oxygen atoms in total. The van der Waals surface area contributed by atoms with Crippen LogP contribution in [0.15, 0.2) is 4.99 Å². The van der Waals surface area contributed by atoms with Crippen molar-refractivity contribution in [1.82, 2.24) is 9.88 Å². The molecule has 2 N–H and O–H groups in total. The highest BCUT2D eigenvalue weighted by Gasteiger charge is 2.00. The number of aliphatic imine (C=N–C) groups is 1. The normalized spacial score (nSPS) is 11.6. The van der Waals surface area contributed by atoms with E-state index in [9.17, 15) is 5.11 Å². The van der Waals surface area contributed by atoms with E-state index in [2.05, 4.69) is 14.9 Å². The van der Waals surface area contributed by atoms with Gasteiger partial charge in [-0.15, -0.1) is 0 Å². The molecule has 0 aliphatic heterocycles. The Hall–Kier alpha value is -0.720. The lowest BCUT2D eigenvalue weighted by molar-refractivity contribution is 0.421. The second-order valence-corrected chi connectivity index (χ2v) is 4.78. The van der Waals surface area contributed by atoms with Crippen LogP contribution in [-0.2, 0) is 0 Å². The first-order valence-corrected chi connectivity index (χ1v) is 5.38. The molecule has 0 aliphatic rings. The summed E-state index contributed by atoms with van der Waals surface area (Å²) in [5, 5.41) is 9.33. The zero-order chi connectivity index (χ0) is 10.6. The van der Waals surface area contributed by atoms with Gasteiger partial charge in [0, 0.05) is 12.8 Å². The second-order valence-electron chi connectivity index (χ2n) is 3.07. The largest absolute Gasteiger partial charge is 0.494 e. The Labute approximate surface area is 91.9 Å². The first-order valence-electron chi connectivity index (χ1n) is 4.16. The molecule has 0 spiro atoms. The van der Waals surface area contributed by atoms with E-state index < -0.39 is 0 Å². The van der Waals surface area contributed by atoms with Crippen molar-refractivity contribution in [3.05, 3.63) is 8.83 Å². The third kappa shape index (κ3) is 3.57. The van der Waals surface area contributed by atoms with Crippen LogP contribution in [0.25, 0.3) is 0 Å². The quantitative estimate of drug-likeness (QED) is 0.610. The van der Waals surface area contributed by atoms with Crippen molar-refractivity contribution < 1.29 is 5.11 Å². The van der Waals surface area contributed by atoms with Gasteiger partial charge in [0.25, 0.3) is 0 Å². The Balaban J connectivity index is 2.52. The smallest absolute Gasteiger partial charge is 0.209 e. The van der Waals surface area contributed by atoms with Crippen molar-refractivity contribution in [3.63, 3.8) is 0 Å². The van der Waals surface area contributed by atoms with Crippen LogP contribution in [0.3, 0.4) is 0 Å². The molecule has 0 saturated heterocycles. The van der Waals surface area contributed by atoms with Gasteiger partial charge in [0.1, 0.15) is 4.88 Å². The van der Waals surface area contributed by atoms with Gasteiger partial charge in [-0.3, -0.25) is 4.99 Å². The molecule has 0 amide bonds. The van der Waals surface area contributed by atoms with Crippen molar-refractivity contribution in [2.45, 2.75) is 0 Å². The number of aromatic nitrogens is 1. The Morgan fingerprint density at radius 2 is 2.36 bits per heavy atom. The molecular formula is C8H13N3OS2. The zero-order valence-corrected chi connectivity index (χ0v) is 9.78. The molecule has 0 atom stereocenters. The third-order valence-corrected chi connectivity index (χ3v) is 2.70. The van der Waals surface area contributed by atoms with Crippen LogP contribution in [0.4, 0.5) is 0 Å². The summed E-state index contributed by atoms with van der Waals surface area (Å²) in [5.41, 5.74) is 0. The van der Waals surface area contributed by atoms with E-state index in [0.717, 1.165) is 13.1 Å². The summed E-state index contributed by atoms with van der Waals surface area (Å²) in [4.78, 5) is 9.56. The lowest BCUT2D eigenvalue weighted by Crippen LogP contribution is -2.15. The Kier molecular flexibility index (Phi) is 4.24. The first kappa shape index (κ1) is 11.4. The van der Waals surface area contributed by atoms with Gasteiger partial charge in [-0.05, 0) is 26.3 Å². The highest BCUT2D eigenvalue weighted by molar-refractivity contribution is 7.73. The number of aromatic amines is 1. The summed E-state index contributed by atoms with van der Waals surface area (Å²) in [6.07, 6.45) is 1.65. The predicted molar refractivity (Wildman–Crippen MR) is 62.2 cm³/mol. The van der Waals surface area contributed by atoms with Gasteiger partial charge in [0.2, 0.25) is 5.88 Å². The number of nitrogens with zero attached hydrogens (tertiary/aromatic N) is 2. The van der Waals surface area contributed by atoms with Crippen molar-refractivity contribution in [3.8, 4) is 5.88 Å². The van der Waals surface area contributed by atoms with Crippen LogP contribution in [-0.4, -0.2) is 48.4 Å². The Morgan fingerprint density at radius 1 is 1.64 bits per heavy atom. The molecule has 0 radical (unpaired) electrons. The summed E-state index contributed by atoms with van der Waals surface area (Å²) >= 11 is 6.19. The summed E-state index contributed by atoms with van der Waals surface area (Å²) in [5.74, 6) is 0.105. The molecule has 0 saturated carbocycles. The molecule has 0 aliphatic carbocycles. The van der Waals surface area contributed by atoms with Crippen molar-refractivity contribution in [1.29, 1.82) is 0 Å². The molecule has 1 aromatic rings. The minimum absolute atomic E-state index is 0.105. The first-order chi connectivity index (χ1) is 6.59. The van der Waals surface area contributed by atoms with E-state index >= 15 is 0 Å². The van der Waals surface area contributed by atoms with Gasteiger partial charge in [0.05, 0.1) is 6.54 Å². The number of hydrogen-bond acceptors (Lipinski definition) is 5. The number of nitrogens with one attached hydrogen (secondary N) is 1. The molecule has 0 aromatic carbocycles. The van der Waals surface area contributed by atoms with E-state index in [-0.39, 0.29) is 5.88 Å². The van der Waals surface area contributed by atoms with Gasteiger partial charge in [-0.25, -0.2) is 0 Å². The summed E-state index contributed by atoms with van der Waals surface area (Å²) in [6, 6.07) is 0. The maximum atomic E-state index is 9.33. The third-order valence-electron chi connectivity index (χ3n) is 1.54. The number of aromatic hydroxyl groups is 1. The van der Waals surface area contributed by atoms with Crippen LogP contribution in [0, 0.1) is 3.95 Å². The maximum Gasteiger partial charge on any atom is 0.209 e. The number of rotatable bonds is 4. The fourth-order valence-corrected chi connectivity index (χ4v) is 1.81. The average molecular weight is 231 g/mol. The fourth-order valence-electron chi connectivity index (χ4n) is 0.825. The molecule has 6 heteroatoms. The van der Waals surface area contributed by atoms with Crippen LogP contribution in [0.1, 0.15) is 4.88 Å². The maximum absolute atomic E-state index is 9.33. The van der Waals surface area contributed by atoms with E-state index in [4.69, 9.17) is 12.2 Å². The SMILES string of the molecule is CN(C)CCN=Cc1sc(=S)[nH]c1O. The van der Waals surface area contributed by atoms with Crippen molar-refractivity contribution in [2.24, 2.45) is 4.99 Å². The summed E-state index contributed by atoms with van der Waals surface area (Å²) < 4.78 is 0.566. The van der Waals surface area contributed by atoms with Gasteiger partial charge < -0.3 is 15.0 Å². The number of H-pyrrole nitrogens is 1. The van der Waals surface area contributed by atoms with Crippen LogP contribution >= 0.6 is 23.6 Å². The summed E-state index contributed by atoms with van der Waals surface area (Å²) in [7, 11) is 3.99. The highest BCUT2D eigenvalue weighted by Crippen LogP contribution is 2.18. The Bertz CT molecular complexity index is 367. The standard InChI is InChI=1S/C8H13N3OS2/c1-11(2)4-3-9-5-6-7(12)10-8(13)14-6/h5,12H,3-4H2,1-2H3,(H,10,13). The molecule has 0 unspecified atom stereocenters. The zero-order valence-electron chi connectivity index (χ0n) is 8.15. The molecule has 0 bridgehead atoms. The van der Waals surface area contributed by atoms with E-state index in [1.165, 1.54) is 11.3 Å². The topological polar surface area (TPSA) is 51.6 Å². The van der Waals surface area contributed by atoms with E-state index in [1.54, 1.807) is 6.21 Å². The fraction of sp³-hybridized carbons (Fsp3) is 0.500. The summed E-state index contributed by atoms with van der Waals surface area (Å²) in [6.45, 7) is 1.62. The Morgan fingerprint density at radius 3 is 2.86 bits per heavy atom. The number of hydrogen-bond donors (Lipinski definition) is 2. The second kappa shape index (κ2) is 5.23. The average Bonchev–Trinajstić information content (AvgIpc) is 2.39. The predicted octanol–water partition coefficient (Wildman–Crippen LogP) is 1.49. The minimum Gasteiger partial charge on any atom is -0.494 e. The van der Waals surface area contributed by atoms with E-state index in [1.807, 2.05) is 14.1 Å². The van der Waals surface area contributed by atoms with Crippen LogP contribution in [0.5, 0.6) is 5.88 Å². The van der Waals surface area contributed by atoms with Crippen molar-refractivity contribution >= 4 is 29.8 Å². The molecule has 1 aromatic heterocycles. The van der Waals surface area contributed by atoms with Crippen molar-refractivity contribution in [2.75, 3.05) is 27.2 Å². The van der Waals surface area contributed by atoms with Crippen LogP contribution < -0.4 is 0 Å². The molecular weight excluding hydrogens is 218 g/mol. The van der Waals surface area contributed by atoms with Gasteiger partial charge in [0.15, 0.2) is 3.95 Å². The minimum atomic E-state index is 0.105. The molecule has 0 fully saturated rings. The lowest BCUT2D eigenvalue weighted by Gasteiger charge is -2.04. The van der Waals surface area contributed by atoms with E-state index in [0.29, 0.717) is 8.83 Å². The lowest BCUT2D eigenvalue weighted by atomic mass is 10.5. The van der Waals surface area contributed by atoms with Crippen LogP contribution in [0.2, 0.25) is 0 Å². The molecule has 78 valence electrons. The number of thiazole rings is 1. The number of likely N-dealkylation sites (N-methyl/N-ethyl adjacent to an activating group) is 1. The molecule has 1 rings (SSSR count). The highest BCUT2D eigenvalue weighted by atomic mass is 32.1. The van der Waals surface area contributed by atoms with Gasteiger partial charge >= 0.3 is 0 Å². The molecule has 14 heavy (non-hydrogen) atoms.